The number of hydrogen-bond acceptors (Lipinski definition) is 5. The minimum Gasteiger partial charge on any atom is -0.462 e. The van der Waals surface area contributed by atoms with Gasteiger partial charge in [0, 0.05) is 38.7 Å². The molecule has 0 bridgehead atoms. The predicted molar refractivity (Wildman–Crippen MR) is 65.5 cm³/mol. The SMILES string of the molecule is CC(C)(C)OC=O.CNN=C1CCNCC1. The van der Waals surface area contributed by atoms with Gasteiger partial charge in [-0.2, -0.15) is 5.10 Å². The summed E-state index contributed by atoms with van der Waals surface area (Å²) in [5, 5.41) is 7.37. The van der Waals surface area contributed by atoms with Crippen LogP contribution in [0.15, 0.2) is 5.10 Å². The Bertz CT molecular complexity index is 214. The second-order valence-corrected chi connectivity index (χ2v) is 4.48. The van der Waals surface area contributed by atoms with Crippen molar-refractivity contribution in [1.29, 1.82) is 0 Å². The molecule has 1 rings (SSSR count). The highest BCUT2D eigenvalue weighted by Crippen LogP contribution is 2.02. The monoisotopic (exact) mass is 229 g/mol. The van der Waals surface area contributed by atoms with E-state index >= 15 is 0 Å². The third-order valence-corrected chi connectivity index (χ3v) is 1.85. The van der Waals surface area contributed by atoms with Crippen LogP contribution >= 0.6 is 0 Å². The molecule has 0 saturated carbocycles. The number of hydrogen-bond donors (Lipinski definition) is 2. The van der Waals surface area contributed by atoms with E-state index in [1.807, 2.05) is 27.8 Å². The molecule has 0 aliphatic carbocycles. The molecule has 0 spiro atoms. The number of nitrogens with one attached hydrogen (secondary N) is 2. The van der Waals surface area contributed by atoms with Gasteiger partial charge in [-0.25, -0.2) is 0 Å². The van der Waals surface area contributed by atoms with Crippen molar-refractivity contribution < 1.29 is 9.53 Å². The topological polar surface area (TPSA) is 62.7 Å². The first-order valence-electron chi connectivity index (χ1n) is 5.54. The second kappa shape index (κ2) is 8.10. The number of rotatable bonds is 2. The van der Waals surface area contributed by atoms with Crippen molar-refractivity contribution in [3.8, 4) is 0 Å². The fourth-order valence-corrected chi connectivity index (χ4v) is 1.13. The molecule has 0 radical (unpaired) electrons. The summed E-state index contributed by atoms with van der Waals surface area (Å²) in [6.45, 7) is 8.09. The lowest BCUT2D eigenvalue weighted by atomic mass is 10.1. The lowest BCUT2D eigenvalue weighted by Crippen LogP contribution is -2.28. The molecule has 1 aliphatic rings. The van der Waals surface area contributed by atoms with Crippen LogP contribution in [-0.4, -0.2) is 37.9 Å². The van der Waals surface area contributed by atoms with Crippen molar-refractivity contribution in [2.45, 2.75) is 39.2 Å². The molecule has 16 heavy (non-hydrogen) atoms. The fourth-order valence-electron chi connectivity index (χ4n) is 1.13. The maximum atomic E-state index is 9.60. The summed E-state index contributed by atoms with van der Waals surface area (Å²) in [6.07, 6.45) is 2.20. The zero-order valence-corrected chi connectivity index (χ0v) is 10.7. The van der Waals surface area contributed by atoms with Crippen molar-refractivity contribution in [3.05, 3.63) is 0 Å². The molecule has 5 heteroatoms. The molecular formula is C11H23N3O2. The van der Waals surface area contributed by atoms with Crippen LogP contribution in [0.4, 0.5) is 0 Å². The molecule has 0 amide bonds. The minimum absolute atomic E-state index is 0.318. The van der Waals surface area contributed by atoms with Crippen LogP contribution in [0, 0.1) is 0 Å². The Balaban J connectivity index is 0.000000293. The first-order valence-corrected chi connectivity index (χ1v) is 5.54. The predicted octanol–water partition coefficient (Wildman–Crippen LogP) is 0.903. The van der Waals surface area contributed by atoms with Crippen molar-refractivity contribution in [2.24, 2.45) is 5.10 Å². The van der Waals surface area contributed by atoms with Crippen LogP contribution in [0.1, 0.15) is 33.6 Å². The van der Waals surface area contributed by atoms with Crippen molar-refractivity contribution in [2.75, 3.05) is 20.1 Å². The molecule has 1 saturated heterocycles. The highest BCUT2D eigenvalue weighted by atomic mass is 16.5. The van der Waals surface area contributed by atoms with Crippen molar-refractivity contribution in [1.82, 2.24) is 10.7 Å². The summed E-state index contributed by atoms with van der Waals surface area (Å²) in [5.41, 5.74) is 3.77. The molecule has 94 valence electrons. The van der Waals surface area contributed by atoms with E-state index in [0.29, 0.717) is 6.47 Å². The molecule has 1 aliphatic heterocycles. The largest absolute Gasteiger partial charge is 0.462 e. The zero-order valence-electron chi connectivity index (χ0n) is 10.7. The molecule has 0 atom stereocenters. The van der Waals surface area contributed by atoms with Crippen LogP contribution in [0.5, 0.6) is 0 Å². The van der Waals surface area contributed by atoms with Gasteiger partial charge in [-0.3, -0.25) is 4.79 Å². The average molecular weight is 229 g/mol. The summed E-state index contributed by atoms with van der Waals surface area (Å²) >= 11 is 0. The first kappa shape index (κ1) is 14.9. The summed E-state index contributed by atoms with van der Waals surface area (Å²) in [6, 6.07) is 0. The third-order valence-electron chi connectivity index (χ3n) is 1.85. The van der Waals surface area contributed by atoms with Crippen LogP contribution in [0.3, 0.4) is 0 Å². The number of carbonyl (C=O) groups is 1. The van der Waals surface area contributed by atoms with Gasteiger partial charge in [0.15, 0.2) is 0 Å². The van der Waals surface area contributed by atoms with Gasteiger partial charge in [-0.05, 0) is 20.8 Å². The van der Waals surface area contributed by atoms with E-state index in [-0.39, 0.29) is 5.60 Å². The van der Waals surface area contributed by atoms with Gasteiger partial charge in [0.25, 0.3) is 6.47 Å². The zero-order chi connectivity index (χ0) is 12.4. The van der Waals surface area contributed by atoms with Gasteiger partial charge in [0.05, 0.1) is 0 Å². The molecule has 5 nitrogen and oxygen atoms in total. The third kappa shape index (κ3) is 9.45. The number of ether oxygens (including phenoxy) is 1. The maximum Gasteiger partial charge on any atom is 0.293 e. The summed E-state index contributed by atoms with van der Waals surface area (Å²) in [4.78, 5) is 9.60. The van der Waals surface area contributed by atoms with Crippen LogP contribution in [-0.2, 0) is 9.53 Å². The number of piperidine rings is 1. The van der Waals surface area contributed by atoms with Gasteiger partial charge >= 0.3 is 0 Å². The smallest absolute Gasteiger partial charge is 0.293 e. The molecule has 1 heterocycles. The molecule has 2 N–H and O–H groups in total. The fraction of sp³-hybridized carbons (Fsp3) is 0.818. The Morgan fingerprint density at radius 3 is 2.25 bits per heavy atom. The van der Waals surface area contributed by atoms with E-state index in [2.05, 4.69) is 20.6 Å². The van der Waals surface area contributed by atoms with Gasteiger partial charge < -0.3 is 15.5 Å². The van der Waals surface area contributed by atoms with E-state index in [0.717, 1.165) is 25.9 Å². The maximum absolute atomic E-state index is 9.60. The Morgan fingerprint density at radius 2 is 1.94 bits per heavy atom. The highest BCUT2D eigenvalue weighted by molar-refractivity contribution is 5.85. The normalized spacial score (nSPS) is 15.6. The van der Waals surface area contributed by atoms with E-state index in [1.54, 1.807) is 0 Å². The molecule has 0 aromatic heterocycles. The van der Waals surface area contributed by atoms with Crippen LogP contribution in [0.25, 0.3) is 0 Å². The molecular weight excluding hydrogens is 206 g/mol. The van der Waals surface area contributed by atoms with Gasteiger partial charge in [0.1, 0.15) is 5.60 Å². The number of nitrogens with zero attached hydrogens (tertiary/aromatic N) is 1. The summed E-state index contributed by atoms with van der Waals surface area (Å²) in [7, 11) is 1.84. The Hall–Kier alpha value is -1.10. The molecule has 0 unspecified atom stereocenters. The van der Waals surface area contributed by atoms with Crippen molar-refractivity contribution in [3.63, 3.8) is 0 Å². The number of hydrazone groups is 1. The van der Waals surface area contributed by atoms with E-state index < -0.39 is 0 Å². The highest BCUT2D eigenvalue weighted by Gasteiger charge is 2.07. The van der Waals surface area contributed by atoms with Gasteiger partial charge in [-0.1, -0.05) is 0 Å². The summed E-state index contributed by atoms with van der Waals surface area (Å²) < 4.78 is 4.55. The van der Waals surface area contributed by atoms with Gasteiger partial charge in [0.2, 0.25) is 0 Å². The van der Waals surface area contributed by atoms with Gasteiger partial charge in [-0.15, -0.1) is 0 Å². The van der Waals surface area contributed by atoms with Crippen LogP contribution in [0.2, 0.25) is 0 Å². The lowest BCUT2D eigenvalue weighted by molar-refractivity contribution is -0.138. The Kier molecular flexibility index (Phi) is 7.54. The second-order valence-electron chi connectivity index (χ2n) is 4.48. The van der Waals surface area contributed by atoms with E-state index in [4.69, 9.17) is 0 Å². The van der Waals surface area contributed by atoms with E-state index in [9.17, 15) is 4.79 Å². The first-order chi connectivity index (χ1) is 7.49. The minimum atomic E-state index is -0.318. The Labute approximate surface area is 97.6 Å². The standard InChI is InChI=1S/C6H13N3.C5H10O2/c1-7-9-6-2-4-8-5-3-6;1-5(2,3)7-4-6/h7-8H,2-5H2,1H3;4H,1-3H3. The molecule has 0 aromatic carbocycles. The average Bonchev–Trinajstić information content (AvgIpc) is 2.19. The van der Waals surface area contributed by atoms with Crippen molar-refractivity contribution >= 4 is 12.2 Å². The molecule has 1 fully saturated rings. The molecule has 0 aromatic rings. The quantitative estimate of drug-likeness (QED) is 0.545. The van der Waals surface area contributed by atoms with Crippen LogP contribution < -0.4 is 10.7 Å². The lowest BCUT2D eigenvalue weighted by Gasteiger charge is -2.14. The van der Waals surface area contributed by atoms with E-state index in [1.165, 1.54) is 5.71 Å². The summed E-state index contributed by atoms with van der Waals surface area (Å²) in [5.74, 6) is 0. The Morgan fingerprint density at radius 1 is 1.38 bits per heavy atom. The number of carbonyl (C=O) groups excluding carboxylic acids is 1.